The summed E-state index contributed by atoms with van der Waals surface area (Å²) in [6.45, 7) is 6.57. The third-order valence-corrected chi connectivity index (χ3v) is 2.65. The van der Waals surface area contributed by atoms with Crippen molar-refractivity contribution in [3.05, 3.63) is 29.8 Å². The Morgan fingerprint density at radius 2 is 2.24 bits per heavy atom. The molecule has 4 heteroatoms. The van der Waals surface area contributed by atoms with E-state index in [9.17, 15) is 4.79 Å². The zero-order valence-corrected chi connectivity index (χ0v) is 10.6. The third kappa shape index (κ3) is 4.44. The number of nitrogens with one attached hydrogen (secondary N) is 1. The molecule has 1 amide bonds. The summed E-state index contributed by atoms with van der Waals surface area (Å²) in [7, 11) is 0. The smallest absolute Gasteiger partial charge is 0.216 e. The number of hydrogen-bond acceptors (Lipinski definition) is 3. The maximum Gasteiger partial charge on any atom is 0.216 e. The van der Waals surface area contributed by atoms with Crippen molar-refractivity contribution in [1.82, 2.24) is 5.32 Å². The summed E-state index contributed by atoms with van der Waals surface area (Å²) in [5, 5.41) is 2.80. The Labute approximate surface area is 103 Å². The second-order valence-corrected chi connectivity index (χ2v) is 3.94. The summed E-state index contributed by atoms with van der Waals surface area (Å²) < 4.78 is 0. The van der Waals surface area contributed by atoms with Gasteiger partial charge < -0.3 is 16.0 Å². The van der Waals surface area contributed by atoms with Gasteiger partial charge in [-0.05, 0) is 24.6 Å². The van der Waals surface area contributed by atoms with Crippen molar-refractivity contribution in [3.8, 4) is 0 Å². The van der Waals surface area contributed by atoms with Crippen molar-refractivity contribution in [2.75, 3.05) is 24.5 Å². The van der Waals surface area contributed by atoms with E-state index in [4.69, 9.17) is 5.73 Å². The van der Waals surface area contributed by atoms with E-state index in [1.165, 1.54) is 6.92 Å². The van der Waals surface area contributed by atoms with Crippen molar-refractivity contribution < 1.29 is 4.79 Å². The fourth-order valence-electron chi connectivity index (χ4n) is 1.72. The second kappa shape index (κ2) is 6.91. The molecule has 0 atom stereocenters. The van der Waals surface area contributed by atoms with Gasteiger partial charge in [0.15, 0.2) is 0 Å². The first-order valence-corrected chi connectivity index (χ1v) is 5.95. The highest BCUT2D eigenvalue weighted by atomic mass is 16.1. The third-order valence-electron chi connectivity index (χ3n) is 2.65. The maximum atomic E-state index is 10.8. The highest BCUT2D eigenvalue weighted by Gasteiger charge is 2.04. The lowest BCUT2D eigenvalue weighted by atomic mass is 10.2. The number of amides is 1. The van der Waals surface area contributed by atoms with Crippen LogP contribution in [-0.2, 0) is 11.3 Å². The molecule has 0 heterocycles. The summed E-state index contributed by atoms with van der Waals surface area (Å²) in [6, 6.07) is 8.19. The summed E-state index contributed by atoms with van der Waals surface area (Å²) >= 11 is 0. The van der Waals surface area contributed by atoms with Crippen LogP contribution in [0.1, 0.15) is 19.4 Å². The average molecular weight is 235 g/mol. The van der Waals surface area contributed by atoms with Crippen LogP contribution in [0.4, 0.5) is 5.69 Å². The van der Waals surface area contributed by atoms with Gasteiger partial charge in [-0.25, -0.2) is 0 Å². The molecular weight excluding hydrogens is 214 g/mol. The number of rotatable bonds is 6. The average Bonchev–Trinajstić information content (AvgIpc) is 2.34. The van der Waals surface area contributed by atoms with Gasteiger partial charge in [-0.3, -0.25) is 4.79 Å². The van der Waals surface area contributed by atoms with Gasteiger partial charge in [0.05, 0.1) is 0 Å². The summed E-state index contributed by atoms with van der Waals surface area (Å²) in [5.41, 5.74) is 7.90. The van der Waals surface area contributed by atoms with E-state index >= 15 is 0 Å². The highest BCUT2D eigenvalue weighted by molar-refractivity contribution is 5.72. The normalized spacial score (nSPS) is 10.1. The van der Waals surface area contributed by atoms with Crippen LogP contribution >= 0.6 is 0 Å². The Morgan fingerprint density at radius 1 is 1.47 bits per heavy atom. The maximum absolute atomic E-state index is 10.8. The quantitative estimate of drug-likeness (QED) is 0.776. The summed E-state index contributed by atoms with van der Waals surface area (Å²) in [6.07, 6.45) is 0. The molecule has 0 spiro atoms. The molecule has 0 aliphatic heterocycles. The molecule has 0 fully saturated rings. The predicted molar refractivity (Wildman–Crippen MR) is 70.9 cm³/mol. The Morgan fingerprint density at radius 3 is 2.82 bits per heavy atom. The van der Waals surface area contributed by atoms with Crippen LogP contribution in [0.5, 0.6) is 0 Å². The first-order valence-electron chi connectivity index (χ1n) is 5.95. The lowest BCUT2D eigenvalue weighted by Gasteiger charge is -2.23. The van der Waals surface area contributed by atoms with Gasteiger partial charge in [-0.1, -0.05) is 12.1 Å². The number of likely N-dealkylation sites (N-methyl/N-ethyl adjacent to an activating group) is 1. The largest absolute Gasteiger partial charge is 0.370 e. The summed E-state index contributed by atoms with van der Waals surface area (Å²) in [4.78, 5) is 13.0. The van der Waals surface area contributed by atoms with E-state index in [1.54, 1.807) is 0 Å². The van der Waals surface area contributed by atoms with Crippen LogP contribution in [0.25, 0.3) is 0 Å². The zero-order chi connectivity index (χ0) is 12.7. The molecule has 1 aromatic rings. The van der Waals surface area contributed by atoms with E-state index in [0.717, 1.165) is 24.3 Å². The molecule has 0 saturated heterocycles. The second-order valence-electron chi connectivity index (χ2n) is 3.94. The summed E-state index contributed by atoms with van der Waals surface area (Å²) in [5.74, 6) is 0.0109. The number of carbonyl (C=O) groups is 1. The molecule has 17 heavy (non-hydrogen) atoms. The Hall–Kier alpha value is -1.55. The van der Waals surface area contributed by atoms with Gasteiger partial charge in [-0.2, -0.15) is 0 Å². The lowest BCUT2D eigenvalue weighted by molar-refractivity contribution is -0.118. The van der Waals surface area contributed by atoms with Gasteiger partial charge in [-0.15, -0.1) is 0 Å². The van der Waals surface area contributed by atoms with Crippen LogP contribution in [0, 0.1) is 0 Å². The first-order chi connectivity index (χ1) is 8.17. The number of anilines is 1. The zero-order valence-electron chi connectivity index (χ0n) is 10.6. The molecule has 0 aliphatic carbocycles. The fraction of sp³-hybridized carbons (Fsp3) is 0.462. The minimum Gasteiger partial charge on any atom is -0.370 e. The Kier molecular flexibility index (Phi) is 5.49. The number of benzene rings is 1. The molecule has 3 N–H and O–H groups in total. The van der Waals surface area contributed by atoms with Crippen molar-refractivity contribution >= 4 is 11.6 Å². The number of hydrogen-bond donors (Lipinski definition) is 2. The van der Waals surface area contributed by atoms with E-state index < -0.39 is 0 Å². The van der Waals surface area contributed by atoms with Crippen molar-refractivity contribution in [1.29, 1.82) is 0 Å². The molecule has 0 unspecified atom stereocenters. The van der Waals surface area contributed by atoms with Crippen LogP contribution in [0.3, 0.4) is 0 Å². The fourth-order valence-corrected chi connectivity index (χ4v) is 1.72. The predicted octanol–water partition coefficient (Wildman–Crippen LogP) is 1.11. The van der Waals surface area contributed by atoms with Crippen molar-refractivity contribution in [2.45, 2.75) is 20.4 Å². The lowest BCUT2D eigenvalue weighted by Crippen LogP contribution is -2.33. The Balaban J connectivity index is 2.62. The van der Waals surface area contributed by atoms with Crippen LogP contribution < -0.4 is 16.0 Å². The minimum absolute atomic E-state index is 0.0109. The SMILES string of the molecule is CCN(CCNC(C)=O)c1cccc(CN)c1. The highest BCUT2D eigenvalue weighted by Crippen LogP contribution is 2.15. The van der Waals surface area contributed by atoms with E-state index in [2.05, 4.69) is 29.3 Å². The topological polar surface area (TPSA) is 58.4 Å². The molecule has 0 radical (unpaired) electrons. The van der Waals surface area contributed by atoms with Gasteiger partial charge >= 0.3 is 0 Å². The van der Waals surface area contributed by atoms with Gasteiger partial charge in [0, 0.05) is 38.8 Å². The molecule has 0 saturated carbocycles. The van der Waals surface area contributed by atoms with Gasteiger partial charge in [0.2, 0.25) is 5.91 Å². The monoisotopic (exact) mass is 235 g/mol. The molecule has 1 rings (SSSR count). The number of nitrogens with two attached hydrogens (primary N) is 1. The molecule has 1 aromatic carbocycles. The van der Waals surface area contributed by atoms with Crippen LogP contribution in [0.2, 0.25) is 0 Å². The molecular formula is C13H21N3O. The van der Waals surface area contributed by atoms with Crippen LogP contribution in [0.15, 0.2) is 24.3 Å². The van der Waals surface area contributed by atoms with Gasteiger partial charge in [0.1, 0.15) is 0 Å². The molecule has 4 nitrogen and oxygen atoms in total. The van der Waals surface area contributed by atoms with Crippen molar-refractivity contribution in [2.24, 2.45) is 5.73 Å². The molecule has 94 valence electrons. The number of carbonyl (C=O) groups excluding carboxylic acids is 1. The number of nitrogens with zero attached hydrogens (tertiary/aromatic N) is 1. The van der Waals surface area contributed by atoms with Crippen LogP contribution in [-0.4, -0.2) is 25.5 Å². The standard InChI is InChI=1S/C13H21N3O/c1-3-16(8-7-15-11(2)17)13-6-4-5-12(9-13)10-14/h4-6,9H,3,7-8,10,14H2,1-2H3,(H,15,17). The van der Waals surface area contributed by atoms with E-state index in [1.807, 2.05) is 12.1 Å². The molecule has 0 aromatic heterocycles. The minimum atomic E-state index is 0.0109. The Bertz CT molecular complexity index is 365. The first kappa shape index (κ1) is 13.5. The van der Waals surface area contributed by atoms with Gasteiger partial charge in [0.25, 0.3) is 0 Å². The molecule has 0 aliphatic rings. The van der Waals surface area contributed by atoms with E-state index in [0.29, 0.717) is 13.1 Å². The molecule has 0 bridgehead atoms. The van der Waals surface area contributed by atoms with E-state index in [-0.39, 0.29) is 5.91 Å². The van der Waals surface area contributed by atoms with Crippen molar-refractivity contribution in [3.63, 3.8) is 0 Å².